The Kier molecular flexibility index (Phi) is 5.42. The van der Waals surface area contributed by atoms with E-state index in [1.807, 2.05) is 36.2 Å². The molecule has 3 heterocycles. The van der Waals surface area contributed by atoms with Crippen molar-refractivity contribution in [2.45, 2.75) is 44.6 Å². The third kappa shape index (κ3) is 3.43. The highest BCUT2D eigenvalue weighted by molar-refractivity contribution is 5.79. The lowest BCUT2D eigenvalue weighted by Gasteiger charge is -2.36. The van der Waals surface area contributed by atoms with Crippen molar-refractivity contribution in [3.63, 3.8) is 0 Å². The number of amides is 1. The molecule has 1 amide bonds. The number of nitrogens with zero attached hydrogens (tertiary/aromatic N) is 3. The summed E-state index contributed by atoms with van der Waals surface area (Å²) in [6.07, 6.45) is 0.744. The second-order valence-corrected chi connectivity index (χ2v) is 8.57. The molecule has 4 rings (SSSR count). The number of aliphatic hydroxyl groups excluding tert-OH is 1. The minimum absolute atomic E-state index is 0.0966. The Morgan fingerprint density at radius 2 is 2.18 bits per heavy atom. The van der Waals surface area contributed by atoms with Gasteiger partial charge in [0.1, 0.15) is 0 Å². The maximum Gasteiger partial charge on any atom is 0.228 e. The first kappa shape index (κ1) is 19.4. The fraction of sp³-hybridized carbons (Fsp3) is 0.636. The largest absolute Gasteiger partial charge is 0.390 e. The van der Waals surface area contributed by atoms with E-state index in [4.69, 9.17) is 10.00 Å². The topological polar surface area (TPSA) is 76.8 Å². The van der Waals surface area contributed by atoms with Crippen molar-refractivity contribution in [3.8, 4) is 6.07 Å². The van der Waals surface area contributed by atoms with E-state index >= 15 is 0 Å². The summed E-state index contributed by atoms with van der Waals surface area (Å²) in [6.45, 7) is 5.21. The molecule has 3 aliphatic heterocycles. The van der Waals surface area contributed by atoms with Crippen LogP contribution in [0, 0.1) is 29.1 Å². The average molecular weight is 383 g/mol. The smallest absolute Gasteiger partial charge is 0.228 e. The molecule has 1 N–H and O–H groups in total. The average Bonchev–Trinajstić information content (AvgIpc) is 3.29. The molecule has 0 spiro atoms. The van der Waals surface area contributed by atoms with Gasteiger partial charge in [0.2, 0.25) is 5.91 Å². The summed E-state index contributed by atoms with van der Waals surface area (Å²) >= 11 is 0. The number of fused-ring (bicyclic) bond motifs is 4. The van der Waals surface area contributed by atoms with E-state index in [2.05, 4.69) is 17.9 Å². The summed E-state index contributed by atoms with van der Waals surface area (Å²) in [5.74, 6) is 0.337. The van der Waals surface area contributed by atoms with Crippen LogP contribution in [0.4, 0.5) is 0 Å². The second-order valence-electron chi connectivity index (χ2n) is 8.57. The fourth-order valence-electron chi connectivity index (χ4n) is 5.38. The van der Waals surface area contributed by atoms with E-state index in [0.29, 0.717) is 12.0 Å². The van der Waals surface area contributed by atoms with Gasteiger partial charge in [0.25, 0.3) is 0 Å². The molecule has 3 fully saturated rings. The van der Waals surface area contributed by atoms with E-state index < -0.39 is 6.10 Å². The molecule has 0 aromatic heterocycles. The Morgan fingerprint density at radius 3 is 2.93 bits per heavy atom. The van der Waals surface area contributed by atoms with Gasteiger partial charge in [0, 0.05) is 45.1 Å². The van der Waals surface area contributed by atoms with Gasteiger partial charge in [-0.2, -0.15) is 5.26 Å². The number of benzene rings is 1. The number of hydrogen-bond acceptors (Lipinski definition) is 5. The van der Waals surface area contributed by atoms with Gasteiger partial charge in [0.15, 0.2) is 0 Å². The molecule has 0 aliphatic carbocycles. The minimum Gasteiger partial charge on any atom is -0.390 e. The molecule has 3 aliphatic rings. The van der Waals surface area contributed by atoms with Crippen LogP contribution in [0.15, 0.2) is 24.3 Å². The standard InChI is InChI=1S/C22H29N3O3/c1-3-7-24(2)22(27)16-9-19-20(26)17-12-25(13-18(17)21(16)28-19)11-15-6-4-5-14(8-15)10-23/h4-6,8,16-21,26H,3,7,9,11-13H2,1-2H3/t16?,17-,18+,19+,20+,21-/m1/s1. The van der Waals surface area contributed by atoms with E-state index in [9.17, 15) is 9.90 Å². The SMILES string of the molecule is CCCN(C)C(=O)C1C[C@@H]2O[C@H]1[C@H]1CN(Cc3cccc(C#N)c3)C[C@H]1[C@@H]2O. The molecule has 0 saturated carbocycles. The van der Waals surface area contributed by atoms with Gasteiger partial charge in [-0.25, -0.2) is 0 Å². The molecule has 1 aromatic rings. The Morgan fingerprint density at radius 1 is 1.39 bits per heavy atom. The number of nitriles is 1. The molecule has 6 heteroatoms. The highest BCUT2D eigenvalue weighted by Crippen LogP contribution is 2.47. The monoisotopic (exact) mass is 383 g/mol. The molecule has 0 radical (unpaired) electrons. The van der Waals surface area contributed by atoms with E-state index in [0.717, 1.165) is 38.2 Å². The van der Waals surface area contributed by atoms with Crippen LogP contribution in [0.5, 0.6) is 0 Å². The number of likely N-dealkylation sites (tertiary alicyclic amines) is 1. The Hall–Kier alpha value is -1.94. The predicted molar refractivity (Wildman–Crippen MR) is 104 cm³/mol. The van der Waals surface area contributed by atoms with Crippen molar-refractivity contribution < 1.29 is 14.6 Å². The lowest BCUT2D eigenvalue weighted by Crippen LogP contribution is -2.47. The lowest BCUT2D eigenvalue weighted by atomic mass is 9.83. The summed E-state index contributed by atoms with van der Waals surface area (Å²) in [7, 11) is 1.87. The van der Waals surface area contributed by atoms with Crippen LogP contribution in [0.25, 0.3) is 0 Å². The first-order valence-corrected chi connectivity index (χ1v) is 10.3. The zero-order valence-corrected chi connectivity index (χ0v) is 16.6. The van der Waals surface area contributed by atoms with Gasteiger partial charge in [-0.15, -0.1) is 0 Å². The zero-order valence-electron chi connectivity index (χ0n) is 16.6. The van der Waals surface area contributed by atoms with Crippen LogP contribution < -0.4 is 0 Å². The molecule has 3 saturated heterocycles. The Balaban J connectivity index is 1.48. The Labute approximate surface area is 166 Å². The van der Waals surface area contributed by atoms with Crippen molar-refractivity contribution in [2.75, 3.05) is 26.7 Å². The highest BCUT2D eigenvalue weighted by Gasteiger charge is 2.57. The molecule has 1 unspecified atom stereocenters. The summed E-state index contributed by atoms with van der Waals surface area (Å²) in [6, 6.07) is 9.87. The minimum atomic E-state index is -0.508. The van der Waals surface area contributed by atoms with E-state index in [1.54, 1.807) is 0 Å². The third-order valence-corrected chi connectivity index (χ3v) is 6.66. The summed E-state index contributed by atoms with van der Waals surface area (Å²) in [5, 5.41) is 20.0. The molecule has 2 bridgehead atoms. The normalized spacial score (nSPS) is 34.1. The second kappa shape index (κ2) is 7.82. The molecule has 1 aromatic carbocycles. The van der Waals surface area contributed by atoms with Crippen molar-refractivity contribution in [1.82, 2.24) is 9.80 Å². The predicted octanol–water partition coefficient (Wildman–Crippen LogP) is 1.62. The first-order valence-electron chi connectivity index (χ1n) is 10.3. The van der Waals surface area contributed by atoms with Crippen molar-refractivity contribution >= 4 is 5.91 Å². The Bertz CT molecular complexity index is 777. The first-order chi connectivity index (χ1) is 13.5. The van der Waals surface area contributed by atoms with E-state index in [-0.39, 0.29) is 35.9 Å². The lowest BCUT2D eigenvalue weighted by molar-refractivity contribution is -0.146. The van der Waals surface area contributed by atoms with Crippen molar-refractivity contribution in [2.24, 2.45) is 17.8 Å². The number of rotatable bonds is 5. The zero-order chi connectivity index (χ0) is 19.8. The van der Waals surface area contributed by atoms with E-state index in [1.165, 1.54) is 0 Å². The molecule has 28 heavy (non-hydrogen) atoms. The van der Waals surface area contributed by atoms with Gasteiger partial charge in [0.05, 0.1) is 35.9 Å². The molecule has 6 atom stereocenters. The number of carbonyl (C=O) groups is 1. The fourth-order valence-corrected chi connectivity index (χ4v) is 5.38. The van der Waals surface area contributed by atoms with Crippen LogP contribution in [-0.4, -0.2) is 65.8 Å². The van der Waals surface area contributed by atoms with Crippen LogP contribution in [-0.2, 0) is 16.1 Å². The molecular weight excluding hydrogens is 354 g/mol. The van der Waals surface area contributed by atoms with Crippen LogP contribution in [0.2, 0.25) is 0 Å². The van der Waals surface area contributed by atoms with Crippen molar-refractivity contribution in [3.05, 3.63) is 35.4 Å². The number of hydrogen-bond donors (Lipinski definition) is 1. The number of ether oxygens (including phenoxy) is 1. The maximum atomic E-state index is 12.9. The van der Waals surface area contributed by atoms with Gasteiger partial charge >= 0.3 is 0 Å². The highest BCUT2D eigenvalue weighted by atomic mass is 16.5. The quantitative estimate of drug-likeness (QED) is 0.836. The molecule has 150 valence electrons. The summed E-state index contributed by atoms with van der Waals surface area (Å²) in [4.78, 5) is 17.1. The van der Waals surface area contributed by atoms with Crippen LogP contribution in [0.3, 0.4) is 0 Å². The van der Waals surface area contributed by atoms with Crippen LogP contribution in [0.1, 0.15) is 30.9 Å². The summed E-state index contributed by atoms with van der Waals surface area (Å²) in [5.41, 5.74) is 1.77. The van der Waals surface area contributed by atoms with Gasteiger partial charge in [-0.3, -0.25) is 9.69 Å². The van der Waals surface area contributed by atoms with Gasteiger partial charge in [-0.05, 0) is 30.5 Å². The molecular formula is C22H29N3O3. The van der Waals surface area contributed by atoms with Gasteiger partial charge < -0.3 is 14.7 Å². The maximum absolute atomic E-state index is 12.9. The molecule has 6 nitrogen and oxygen atoms in total. The van der Waals surface area contributed by atoms with Crippen LogP contribution >= 0.6 is 0 Å². The number of carbonyl (C=O) groups excluding carboxylic acids is 1. The van der Waals surface area contributed by atoms with Gasteiger partial charge in [-0.1, -0.05) is 19.1 Å². The third-order valence-electron chi connectivity index (χ3n) is 6.66. The summed E-state index contributed by atoms with van der Waals surface area (Å²) < 4.78 is 6.15. The number of aliphatic hydroxyl groups is 1. The van der Waals surface area contributed by atoms with Crippen molar-refractivity contribution in [1.29, 1.82) is 5.26 Å².